The van der Waals surface area contributed by atoms with Gasteiger partial charge in [0, 0.05) is 13.1 Å². The molecule has 2 aliphatic rings. The van der Waals surface area contributed by atoms with E-state index in [-0.39, 0.29) is 5.91 Å². The van der Waals surface area contributed by atoms with Gasteiger partial charge in [-0.25, -0.2) is 0 Å². The summed E-state index contributed by atoms with van der Waals surface area (Å²) in [6.45, 7) is 0.966. The Morgan fingerprint density at radius 2 is 1.83 bits per heavy atom. The number of aliphatic carboxylic acids is 1. The third kappa shape index (κ3) is 2.72. The summed E-state index contributed by atoms with van der Waals surface area (Å²) in [5.74, 6) is -2.12. The third-order valence-corrected chi connectivity index (χ3v) is 3.77. The van der Waals surface area contributed by atoms with Crippen molar-refractivity contribution in [1.82, 2.24) is 4.90 Å². The Bertz CT molecular complexity index is 366. The van der Waals surface area contributed by atoms with E-state index in [0.717, 1.165) is 12.8 Å². The molecule has 0 aromatic heterocycles. The Labute approximate surface area is 106 Å². The highest BCUT2D eigenvalue weighted by molar-refractivity contribution is 5.85. The van der Waals surface area contributed by atoms with Gasteiger partial charge in [0.1, 0.15) is 0 Å². The predicted molar refractivity (Wildman–Crippen MR) is 64.8 cm³/mol. The van der Waals surface area contributed by atoms with Crippen LogP contribution in [0.2, 0.25) is 0 Å². The predicted octanol–water partition coefficient (Wildman–Crippen LogP) is 0.637. The van der Waals surface area contributed by atoms with Gasteiger partial charge in [-0.15, -0.1) is 0 Å². The molecule has 0 saturated carbocycles. The Morgan fingerprint density at radius 3 is 2.44 bits per heavy atom. The lowest BCUT2D eigenvalue weighted by molar-refractivity contribution is -0.151. The van der Waals surface area contributed by atoms with E-state index in [4.69, 9.17) is 5.11 Å². The maximum Gasteiger partial charge on any atom is 0.307 e. The number of aliphatic hydroxyl groups excluding tert-OH is 1. The summed E-state index contributed by atoms with van der Waals surface area (Å²) < 4.78 is 0. The number of piperidine rings is 1. The van der Waals surface area contributed by atoms with Crippen molar-refractivity contribution in [3.05, 3.63) is 12.2 Å². The van der Waals surface area contributed by atoms with Crippen molar-refractivity contribution in [3.63, 3.8) is 0 Å². The van der Waals surface area contributed by atoms with E-state index in [1.807, 2.05) is 12.2 Å². The Kier molecular flexibility index (Phi) is 4.01. The van der Waals surface area contributed by atoms with E-state index < -0.39 is 23.9 Å². The van der Waals surface area contributed by atoms with Crippen LogP contribution < -0.4 is 0 Å². The van der Waals surface area contributed by atoms with Crippen molar-refractivity contribution >= 4 is 11.9 Å². The van der Waals surface area contributed by atoms with Gasteiger partial charge >= 0.3 is 5.97 Å². The molecule has 1 amide bonds. The van der Waals surface area contributed by atoms with E-state index in [1.54, 1.807) is 4.90 Å². The highest BCUT2D eigenvalue weighted by Gasteiger charge is 2.37. The molecule has 3 atom stereocenters. The van der Waals surface area contributed by atoms with Gasteiger partial charge in [0.25, 0.3) is 0 Å². The zero-order valence-electron chi connectivity index (χ0n) is 10.3. The van der Waals surface area contributed by atoms with Crippen LogP contribution in [-0.4, -0.2) is 46.2 Å². The minimum Gasteiger partial charge on any atom is -0.481 e. The SMILES string of the molecule is O=C(O)C1CC=CCC1C(=O)N1CCCC(O)C1. The first-order valence-electron chi connectivity index (χ1n) is 6.44. The van der Waals surface area contributed by atoms with Gasteiger partial charge in [-0.05, 0) is 25.7 Å². The summed E-state index contributed by atoms with van der Waals surface area (Å²) in [5.41, 5.74) is 0. The second-order valence-corrected chi connectivity index (χ2v) is 5.07. The van der Waals surface area contributed by atoms with Gasteiger partial charge in [-0.1, -0.05) is 12.2 Å². The van der Waals surface area contributed by atoms with Crippen molar-refractivity contribution in [2.45, 2.75) is 31.8 Å². The molecule has 1 fully saturated rings. The van der Waals surface area contributed by atoms with Crippen LogP contribution in [0.4, 0.5) is 0 Å². The Morgan fingerprint density at radius 1 is 1.17 bits per heavy atom. The van der Waals surface area contributed by atoms with Crippen LogP contribution in [0.25, 0.3) is 0 Å². The van der Waals surface area contributed by atoms with Crippen molar-refractivity contribution in [1.29, 1.82) is 0 Å². The molecule has 1 heterocycles. The number of rotatable bonds is 2. The second kappa shape index (κ2) is 5.52. The molecular weight excluding hydrogens is 234 g/mol. The smallest absolute Gasteiger partial charge is 0.307 e. The molecule has 1 aliphatic carbocycles. The molecule has 0 aromatic carbocycles. The molecule has 3 unspecified atom stereocenters. The number of aliphatic hydroxyl groups is 1. The largest absolute Gasteiger partial charge is 0.481 e. The van der Waals surface area contributed by atoms with Gasteiger partial charge in [0.2, 0.25) is 5.91 Å². The molecule has 0 bridgehead atoms. The van der Waals surface area contributed by atoms with Gasteiger partial charge in [0.05, 0.1) is 17.9 Å². The number of likely N-dealkylation sites (tertiary alicyclic amines) is 1. The number of β-amino-alcohol motifs (C(OH)–C–C–N with tert-alkyl or cyclic N) is 1. The van der Waals surface area contributed by atoms with Crippen LogP contribution in [0.15, 0.2) is 12.2 Å². The van der Waals surface area contributed by atoms with Crippen molar-refractivity contribution in [3.8, 4) is 0 Å². The first-order chi connectivity index (χ1) is 8.59. The normalized spacial score (nSPS) is 32.3. The van der Waals surface area contributed by atoms with Gasteiger partial charge < -0.3 is 15.1 Å². The molecule has 100 valence electrons. The van der Waals surface area contributed by atoms with Gasteiger partial charge in [0.15, 0.2) is 0 Å². The Balaban J connectivity index is 2.06. The number of carboxylic acids is 1. The van der Waals surface area contributed by atoms with Crippen LogP contribution in [-0.2, 0) is 9.59 Å². The quantitative estimate of drug-likeness (QED) is 0.708. The van der Waals surface area contributed by atoms with Crippen LogP contribution in [0, 0.1) is 11.8 Å². The second-order valence-electron chi connectivity index (χ2n) is 5.07. The molecule has 5 heteroatoms. The average molecular weight is 253 g/mol. The molecule has 0 spiro atoms. The zero-order valence-corrected chi connectivity index (χ0v) is 10.3. The van der Waals surface area contributed by atoms with Crippen molar-refractivity contribution < 1.29 is 19.8 Å². The monoisotopic (exact) mass is 253 g/mol. The van der Waals surface area contributed by atoms with Crippen LogP contribution in [0.5, 0.6) is 0 Å². The first kappa shape index (κ1) is 13.1. The third-order valence-electron chi connectivity index (χ3n) is 3.77. The summed E-state index contributed by atoms with van der Waals surface area (Å²) in [6.07, 6.45) is 5.65. The number of allylic oxidation sites excluding steroid dienone is 2. The standard InChI is InChI=1S/C13H19NO4/c15-9-4-3-7-14(8-9)12(16)10-5-1-2-6-11(10)13(17)18/h1-2,9-11,15H,3-8H2,(H,17,18). The van der Waals surface area contributed by atoms with Crippen molar-refractivity contribution in [2.75, 3.05) is 13.1 Å². The maximum absolute atomic E-state index is 12.3. The molecule has 2 N–H and O–H groups in total. The summed E-state index contributed by atoms with van der Waals surface area (Å²) in [6, 6.07) is 0. The number of hydrogen-bond donors (Lipinski definition) is 2. The number of carboxylic acid groups (broad SMARTS) is 1. The molecule has 0 radical (unpaired) electrons. The molecule has 1 saturated heterocycles. The lowest BCUT2D eigenvalue weighted by atomic mass is 9.82. The fraction of sp³-hybridized carbons (Fsp3) is 0.692. The molecule has 0 aromatic rings. The lowest BCUT2D eigenvalue weighted by Gasteiger charge is -2.35. The number of carbonyl (C=O) groups is 2. The number of amides is 1. The maximum atomic E-state index is 12.3. The summed E-state index contributed by atoms with van der Waals surface area (Å²) >= 11 is 0. The van der Waals surface area contributed by atoms with Gasteiger partial charge in [-0.3, -0.25) is 9.59 Å². The minimum atomic E-state index is -0.907. The molecule has 2 rings (SSSR count). The van der Waals surface area contributed by atoms with E-state index in [1.165, 1.54) is 0 Å². The summed E-state index contributed by atoms with van der Waals surface area (Å²) in [5, 5.41) is 18.7. The molecule has 18 heavy (non-hydrogen) atoms. The molecular formula is C13H19NO4. The topological polar surface area (TPSA) is 77.8 Å². The van der Waals surface area contributed by atoms with E-state index in [0.29, 0.717) is 25.9 Å². The zero-order chi connectivity index (χ0) is 13.1. The lowest BCUT2D eigenvalue weighted by Crippen LogP contribution is -2.47. The van der Waals surface area contributed by atoms with Crippen LogP contribution in [0.1, 0.15) is 25.7 Å². The summed E-state index contributed by atoms with van der Waals surface area (Å²) in [7, 11) is 0. The average Bonchev–Trinajstić information content (AvgIpc) is 2.38. The number of hydrogen-bond acceptors (Lipinski definition) is 3. The minimum absolute atomic E-state index is 0.120. The first-order valence-corrected chi connectivity index (χ1v) is 6.44. The summed E-state index contributed by atoms with van der Waals surface area (Å²) in [4.78, 5) is 25.1. The number of nitrogens with zero attached hydrogens (tertiary/aromatic N) is 1. The van der Waals surface area contributed by atoms with Crippen molar-refractivity contribution in [2.24, 2.45) is 11.8 Å². The fourth-order valence-electron chi connectivity index (χ4n) is 2.75. The molecule has 1 aliphatic heterocycles. The van der Waals surface area contributed by atoms with Crippen LogP contribution >= 0.6 is 0 Å². The Hall–Kier alpha value is -1.36. The number of carbonyl (C=O) groups excluding carboxylic acids is 1. The van der Waals surface area contributed by atoms with E-state index >= 15 is 0 Å². The van der Waals surface area contributed by atoms with Crippen LogP contribution in [0.3, 0.4) is 0 Å². The van der Waals surface area contributed by atoms with E-state index in [9.17, 15) is 14.7 Å². The molecule has 5 nitrogen and oxygen atoms in total. The van der Waals surface area contributed by atoms with Gasteiger partial charge in [-0.2, -0.15) is 0 Å². The fourth-order valence-corrected chi connectivity index (χ4v) is 2.75. The highest BCUT2D eigenvalue weighted by Crippen LogP contribution is 2.28. The highest BCUT2D eigenvalue weighted by atomic mass is 16.4. The van der Waals surface area contributed by atoms with E-state index in [2.05, 4.69) is 0 Å².